The summed E-state index contributed by atoms with van der Waals surface area (Å²) >= 11 is 0. The topological polar surface area (TPSA) is 64.3 Å². The van der Waals surface area contributed by atoms with Crippen molar-refractivity contribution in [3.63, 3.8) is 0 Å². The van der Waals surface area contributed by atoms with Gasteiger partial charge in [0.25, 0.3) is 5.91 Å². The van der Waals surface area contributed by atoms with Gasteiger partial charge in [0.1, 0.15) is 6.10 Å². The average Bonchev–Trinajstić information content (AvgIpc) is 2.70. The first kappa shape index (κ1) is 15.8. The molecule has 1 saturated carbocycles. The summed E-state index contributed by atoms with van der Waals surface area (Å²) in [5, 5.41) is 2.92. The van der Waals surface area contributed by atoms with Crippen LogP contribution in [-0.2, 0) is 9.53 Å². The smallest absolute Gasteiger partial charge is 0.253 e. The molecule has 116 valence electrons. The van der Waals surface area contributed by atoms with E-state index in [2.05, 4.69) is 5.32 Å². The van der Waals surface area contributed by atoms with Crippen LogP contribution in [0.5, 0.6) is 0 Å². The molecule has 1 atom stereocenters. The third-order valence-corrected chi connectivity index (χ3v) is 4.08. The van der Waals surface area contributed by atoms with Crippen molar-refractivity contribution in [1.82, 2.24) is 0 Å². The molecule has 0 saturated heterocycles. The monoisotopic (exact) mass is 290 g/mol. The van der Waals surface area contributed by atoms with Gasteiger partial charge in [0, 0.05) is 11.4 Å². The maximum Gasteiger partial charge on any atom is 0.253 e. The van der Waals surface area contributed by atoms with Crippen LogP contribution in [0, 0.1) is 6.92 Å². The number of nitrogen functional groups attached to an aromatic ring is 1. The number of nitrogens with two attached hydrogens (primary N) is 1. The molecule has 1 amide bonds. The quantitative estimate of drug-likeness (QED) is 0.657. The Bertz CT molecular complexity index is 480. The molecule has 0 spiro atoms. The standard InChI is InChI=1S/C17H26N2O2/c1-12-11-14(18)9-10-16(12)19-17(20)13(2)21-15-7-5-3-4-6-8-15/h9-11,13,15H,3-8,18H2,1-2H3,(H,19,20). The van der Waals surface area contributed by atoms with E-state index >= 15 is 0 Å². The van der Waals surface area contributed by atoms with E-state index < -0.39 is 6.10 Å². The van der Waals surface area contributed by atoms with E-state index in [1.54, 1.807) is 6.07 Å². The Labute approximate surface area is 127 Å². The third-order valence-electron chi connectivity index (χ3n) is 4.08. The highest BCUT2D eigenvalue weighted by Crippen LogP contribution is 2.22. The number of nitrogens with one attached hydrogen (secondary N) is 1. The van der Waals surface area contributed by atoms with Crippen LogP contribution < -0.4 is 11.1 Å². The van der Waals surface area contributed by atoms with Gasteiger partial charge in [0.15, 0.2) is 0 Å². The van der Waals surface area contributed by atoms with Gasteiger partial charge >= 0.3 is 0 Å². The minimum atomic E-state index is -0.426. The Morgan fingerprint density at radius 1 is 1.29 bits per heavy atom. The van der Waals surface area contributed by atoms with Gasteiger partial charge in [-0.25, -0.2) is 0 Å². The van der Waals surface area contributed by atoms with Gasteiger partial charge in [-0.3, -0.25) is 4.79 Å². The van der Waals surface area contributed by atoms with Crippen molar-refractivity contribution in [2.45, 2.75) is 64.6 Å². The highest BCUT2D eigenvalue weighted by Gasteiger charge is 2.20. The van der Waals surface area contributed by atoms with E-state index in [9.17, 15) is 4.79 Å². The van der Waals surface area contributed by atoms with E-state index in [1.165, 1.54) is 25.7 Å². The summed E-state index contributed by atoms with van der Waals surface area (Å²) < 4.78 is 5.93. The first-order chi connectivity index (χ1) is 10.1. The van der Waals surface area contributed by atoms with E-state index in [-0.39, 0.29) is 12.0 Å². The van der Waals surface area contributed by atoms with Crippen LogP contribution in [0.15, 0.2) is 18.2 Å². The van der Waals surface area contributed by atoms with Crippen molar-refractivity contribution < 1.29 is 9.53 Å². The number of hydrogen-bond donors (Lipinski definition) is 2. The van der Waals surface area contributed by atoms with Crippen molar-refractivity contribution in [3.05, 3.63) is 23.8 Å². The number of anilines is 2. The molecule has 3 N–H and O–H groups in total. The maximum atomic E-state index is 12.2. The molecule has 1 aromatic rings. The van der Waals surface area contributed by atoms with Crippen molar-refractivity contribution in [2.75, 3.05) is 11.1 Å². The lowest BCUT2D eigenvalue weighted by molar-refractivity contribution is -0.130. The maximum absolute atomic E-state index is 12.2. The minimum absolute atomic E-state index is 0.0906. The normalized spacial score (nSPS) is 18.0. The molecule has 4 nitrogen and oxygen atoms in total. The number of carbonyl (C=O) groups is 1. The predicted octanol–water partition coefficient (Wildman–Crippen LogP) is 3.64. The number of aryl methyl sites for hydroxylation is 1. The van der Waals surface area contributed by atoms with Gasteiger partial charge in [-0.05, 0) is 50.5 Å². The van der Waals surface area contributed by atoms with Gasteiger partial charge in [0.05, 0.1) is 6.10 Å². The molecular formula is C17H26N2O2. The summed E-state index contributed by atoms with van der Waals surface area (Å²) in [6, 6.07) is 5.48. The Balaban J connectivity index is 1.89. The molecule has 4 heteroatoms. The molecule has 0 aromatic heterocycles. The summed E-state index contributed by atoms with van der Waals surface area (Å²) in [6.45, 7) is 3.76. The zero-order valence-corrected chi connectivity index (χ0v) is 13.0. The molecule has 0 heterocycles. The predicted molar refractivity (Wildman–Crippen MR) is 86.3 cm³/mol. The van der Waals surface area contributed by atoms with E-state index in [4.69, 9.17) is 10.5 Å². The molecule has 2 rings (SSSR count). The fourth-order valence-corrected chi connectivity index (χ4v) is 2.79. The highest BCUT2D eigenvalue weighted by molar-refractivity contribution is 5.94. The van der Waals surface area contributed by atoms with Gasteiger partial charge < -0.3 is 15.8 Å². The van der Waals surface area contributed by atoms with Crippen molar-refractivity contribution in [1.29, 1.82) is 0 Å². The molecule has 1 aliphatic rings. The van der Waals surface area contributed by atoms with Crippen LogP contribution >= 0.6 is 0 Å². The molecule has 0 radical (unpaired) electrons. The Morgan fingerprint density at radius 2 is 1.95 bits per heavy atom. The number of hydrogen-bond acceptors (Lipinski definition) is 3. The number of rotatable bonds is 4. The Kier molecular flexibility index (Phi) is 5.62. The van der Waals surface area contributed by atoms with Crippen molar-refractivity contribution in [2.24, 2.45) is 0 Å². The van der Waals surface area contributed by atoms with Gasteiger partial charge in [0.2, 0.25) is 0 Å². The van der Waals surface area contributed by atoms with Crippen LogP contribution in [0.25, 0.3) is 0 Å². The van der Waals surface area contributed by atoms with Gasteiger partial charge in [-0.2, -0.15) is 0 Å². The Hall–Kier alpha value is -1.55. The summed E-state index contributed by atoms with van der Waals surface area (Å²) in [6.07, 6.45) is 6.91. The molecule has 1 unspecified atom stereocenters. The van der Waals surface area contributed by atoms with E-state index in [1.807, 2.05) is 26.0 Å². The second kappa shape index (κ2) is 7.46. The van der Waals surface area contributed by atoms with Gasteiger partial charge in [-0.1, -0.05) is 25.7 Å². The third kappa shape index (κ3) is 4.74. The van der Waals surface area contributed by atoms with E-state index in [0.717, 1.165) is 24.1 Å². The van der Waals surface area contributed by atoms with Crippen LogP contribution in [0.4, 0.5) is 11.4 Å². The number of benzene rings is 1. The second-order valence-electron chi connectivity index (χ2n) is 5.96. The SMILES string of the molecule is Cc1cc(N)ccc1NC(=O)C(C)OC1CCCCCC1. The molecule has 0 bridgehead atoms. The molecule has 1 fully saturated rings. The van der Waals surface area contributed by atoms with Crippen LogP contribution in [-0.4, -0.2) is 18.1 Å². The fourth-order valence-electron chi connectivity index (χ4n) is 2.79. The molecule has 1 aromatic carbocycles. The second-order valence-corrected chi connectivity index (χ2v) is 5.96. The lowest BCUT2D eigenvalue weighted by Gasteiger charge is -2.21. The van der Waals surface area contributed by atoms with Gasteiger partial charge in [-0.15, -0.1) is 0 Å². The molecule has 21 heavy (non-hydrogen) atoms. The summed E-state index contributed by atoms with van der Waals surface area (Å²) in [7, 11) is 0. The Morgan fingerprint density at radius 3 is 2.57 bits per heavy atom. The minimum Gasteiger partial charge on any atom is -0.399 e. The number of carbonyl (C=O) groups excluding carboxylic acids is 1. The fraction of sp³-hybridized carbons (Fsp3) is 0.588. The average molecular weight is 290 g/mol. The van der Waals surface area contributed by atoms with E-state index in [0.29, 0.717) is 5.69 Å². The molecule has 0 aliphatic heterocycles. The van der Waals surface area contributed by atoms with Crippen LogP contribution in [0.3, 0.4) is 0 Å². The molecular weight excluding hydrogens is 264 g/mol. The zero-order valence-electron chi connectivity index (χ0n) is 13.0. The molecule has 1 aliphatic carbocycles. The largest absolute Gasteiger partial charge is 0.399 e. The lowest BCUT2D eigenvalue weighted by Crippen LogP contribution is -2.31. The summed E-state index contributed by atoms with van der Waals surface area (Å²) in [5.74, 6) is -0.0906. The van der Waals surface area contributed by atoms with Crippen LogP contribution in [0.1, 0.15) is 51.0 Å². The first-order valence-corrected chi connectivity index (χ1v) is 7.88. The highest BCUT2D eigenvalue weighted by atomic mass is 16.5. The van der Waals surface area contributed by atoms with Crippen LogP contribution in [0.2, 0.25) is 0 Å². The summed E-state index contributed by atoms with van der Waals surface area (Å²) in [5.41, 5.74) is 8.18. The van der Waals surface area contributed by atoms with Crippen molar-refractivity contribution >= 4 is 17.3 Å². The lowest BCUT2D eigenvalue weighted by atomic mass is 10.1. The summed E-state index contributed by atoms with van der Waals surface area (Å²) in [4.78, 5) is 12.2. The van der Waals surface area contributed by atoms with Crippen molar-refractivity contribution in [3.8, 4) is 0 Å². The number of ether oxygens (including phenoxy) is 1. The zero-order chi connectivity index (χ0) is 15.2. The first-order valence-electron chi connectivity index (χ1n) is 7.88. The number of amides is 1.